The van der Waals surface area contributed by atoms with E-state index in [-0.39, 0.29) is 0 Å². The predicted octanol–water partition coefficient (Wildman–Crippen LogP) is 3.38. The van der Waals surface area contributed by atoms with E-state index in [0.717, 1.165) is 112 Å². The molecule has 4 saturated heterocycles. The lowest BCUT2D eigenvalue weighted by Gasteiger charge is -2.32. The second kappa shape index (κ2) is 23.2. The number of anilines is 4. The molecule has 24 heteroatoms. The highest BCUT2D eigenvalue weighted by molar-refractivity contribution is 9.10. The van der Waals surface area contributed by atoms with Gasteiger partial charge in [-0.1, -0.05) is 24.3 Å². The Morgan fingerprint density at radius 3 is 1.51 bits per heavy atom. The second-order valence-electron chi connectivity index (χ2n) is 17.6. The number of piperazine rings is 2. The summed E-state index contributed by atoms with van der Waals surface area (Å²) in [5, 5.41) is 19.7. The van der Waals surface area contributed by atoms with Gasteiger partial charge in [0.15, 0.2) is 0 Å². The van der Waals surface area contributed by atoms with E-state index in [9.17, 15) is 16.8 Å². The van der Waals surface area contributed by atoms with Crippen LogP contribution < -0.4 is 26.7 Å². The molecule has 18 nitrogen and oxygen atoms in total. The summed E-state index contributed by atoms with van der Waals surface area (Å²) < 4.78 is 64.4. The fourth-order valence-electron chi connectivity index (χ4n) is 8.72. The van der Waals surface area contributed by atoms with Gasteiger partial charge in [-0.2, -0.15) is 8.61 Å². The van der Waals surface area contributed by atoms with E-state index in [1.54, 1.807) is 49.5 Å². The Labute approximate surface area is 426 Å². The molecule has 4 aliphatic heterocycles. The molecule has 2 aromatic carbocycles. The van der Waals surface area contributed by atoms with Crippen LogP contribution in [0, 0.1) is 0 Å². The molecule has 0 radical (unpaired) electrons. The maximum Gasteiger partial charge on any atom is 0.488 e. The maximum absolute atomic E-state index is 11.8. The van der Waals surface area contributed by atoms with Crippen LogP contribution in [0.25, 0.3) is 31.4 Å². The SMILES string of the molecule is CS(=O)(=O)N1CCN(Cc2cc3cc(-c4cccc(N)c4)nc(N4CCOCC4)c3s2)CC1.CS(=O)(=O)N1CCN(Cc2cc3cc(Br)nc(N4CCOCC4)c3s2)CC1.Nc1cccc(B(O)O)c1. The van der Waals surface area contributed by atoms with Crippen molar-refractivity contribution in [3.8, 4) is 11.3 Å². The highest BCUT2D eigenvalue weighted by atomic mass is 79.9. The van der Waals surface area contributed by atoms with Crippen molar-refractivity contribution < 1.29 is 36.4 Å². The van der Waals surface area contributed by atoms with E-state index in [0.29, 0.717) is 50.5 Å². The van der Waals surface area contributed by atoms with Gasteiger partial charge in [-0.3, -0.25) is 9.80 Å². The number of hydrogen-bond donors (Lipinski definition) is 4. The number of rotatable bonds is 10. The standard InChI is InChI=1S/C23H29N5O3S2.C17H23BrN4O3S2.C6H8BNO2/c1-33(29,30)28-7-5-26(6-8-28)16-20-14-18-15-21(17-3-2-4-19(24)13-17)25-23(22(18)32-20)27-9-11-31-12-10-27;1-27(23,24)22-4-2-20(3-5-22)12-14-10-13-11-15(18)19-17(16(13)26-14)21-6-8-25-9-7-21;8-6-3-1-2-5(4-6)7(9)10/h2-4,13-15H,5-12,16,24H2,1H3;10-11H,2-9,12H2,1H3;1-4,9-10H,8H2. The zero-order valence-corrected chi connectivity index (χ0v) is 44.2. The number of pyridine rings is 2. The molecule has 0 amide bonds. The van der Waals surface area contributed by atoms with Gasteiger partial charge in [0, 0.05) is 118 Å². The van der Waals surface area contributed by atoms with E-state index >= 15 is 0 Å². The van der Waals surface area contributed by atoms with Gasteiger partial charge in [0.25, 0.3) is 0 Å². The Hall–Kier alpha value is -4.02. The van der Waals surface area contributed by atoms with Crippen LogP contribution in [0.4, 0.5) is 23.0 Å². The summed E-state index contributed by atoms with van der Waals surface area (Å²) in [5.74, 6) is 2.03. The molecule has 376 valence electrons. The molecule has 0 aliphatic carbocycles. The first-order chi connectivity index (χ1) is 33.5. The van der Waals surface area contributed by atoms with Crippen LogP contribution in [0.5, 0.6) is 0 Å². The van der Waals surface area contributed by atoms with Crippen molar-refractivity contribution in [2.75, 3.05) is 139 Å². The van der Waals surface area contributed by atoms with Crippen LogP contribution >= 0.6 is 38.6 Å². The largest absolute Gasteiger partial charge is 0.488 e. The van der Waals surface area contributed by atoms with Gasteiger partial charge in [-0.25, -0.2) is 26.8 Å². The number of nitrogens with zero attached hydrogens (tertiary/aromatic N) is 8. The van der Waals surface area contributed by atoms with Gasteiger partial charge in [-0.05, 0) is 80.7 Å². The molecule has 6 N–H and O–H groups in total. The lowest BCUT2D eigenvalue weighted by atomic mass is 9.80. The summed E-state index contributed by atoms with van der Waals surface area (Å²) in [6.45, 7) is 13.1. The number of ether oxygens (including phenoxy) is 2. The zero-order chi connectivity index (χ0) is 49.6. The number of morpholine rings is 2. The van der Waals surface area contributed by atoms with Crippen LogP contribution in [0.15, 0.2) is 77.4 Å². The number of nitrogens with two attached hydrogens (primary N) is 2. The monoisotopic (exact) mass is 1100 g/mol. The molecule has 0 saturated carbocycles. The van der Waals surface area contributed by atoms with Crippen LogP contribution in [0.2, 0.25) is 0 Å². The van der Waals surface area contributed by atoms with Crippen molar-refractivity contribution in [2.24, 2.45) is 0 Å². The number of fused-ring (bicyclic) bond motifs is 2. The Bertz CT molecular complexity index is 2960. The highest BCUT2D eigenvalue weighted by Gasteiger charge is 2.27. The molecule has 4 fully saturated rings. The van der Waals surface area contributed by atoms with E-state index in [4.69, 9.17) is 41.0 Å². The summed E-state index contributed by atoms with van der Waals surface area (Å²) >= 11 is 7.11. The molecule has 10 rings (SSSR count). The van der Waals surface area contributed by atoms with Crippen molar-refractivity contribution in [3.63, 3.8) is 0 Å². The average Bonchev–Trinajstić information content (AvgIpc) is 3.94. The number of aromatic nitrogens is 2. The third-order valence-electron chi connectivity index (χ3n) is 12.4. The van der Waals surface area contributed by atoms with Crippen molar-refractivity contribution in [3.05, 3.63) is 87.2 Å². The van der Waals surface area contributed by atoms with Gasteiger partial charge in [0.1, 0.15) is 16.2 Å². The van der Waals surface area contributed by atoms with Crippen molar-refractivity contribution in [2.45, 2.75) is 13.1 Å². The smallest absolute Gasteiger partial charge is 0.423 e. The van der Waals surface area contributed by atoms with Gasteiger partial charge in [0.2, 0.25) is 20.0 Å². The Morgan fingerprint density at radius 1 is 0.614 bits per heavy atom. The molecule has 6 aromatic rings. The fourth-order valence-corrected chi connectivity index (χ4v) is 13.2. The molecule has 8 heterocycles. The number of halogens is 1. The molecule has 4 aliphatic rings. The van der Waals surface area contributed by atoms with Crippen molar-refractivity contribution >= 4 is 114 Å². The quantitative estimate of drug-likeness (QED) is 0.0877. The minimum atomic E-state index is -3.12. The fraction of sp³-hybridized carbons (Fsp3) is 0.435. The predicted molar refractivity (Wildman–Crippen MR) is 287 cm³/mol. The van der Waals surface area contributed by atoms with Gasteiger partial charge in [0.05, 0.1) is 54.0 Å². The average molecular weight is 1100 g/mol. The summed E-state index contributed by atoms with van der Waals surface area (Å²) in [6, 6.07) is 23.0. The number of benzene rings is 2. The van der Waals surface area contributed by atoms with Crippen molar-refractivity contribution in [1.29, 1.82) is 0 Å². The molecule has 0 bridgehead atoms. The van der Waals surface area contributed by atoms with Gasteiger partial charge in [-0.15, -0.1) is 22.7 Å². The Morgan fingerprint density at radius 2 is 1.07 bits per heavy atom. The third kappa shape index (κ3) is 13.7. The van der Waals surface area contributed by atoms with E-state index < -0.39 is 27.2 Å². The lowest BCUT2D eigenvalue weighted by molar-refractivity contribution is 0.122. The van der Waals surface area contributed by atoms with Crippen molar-refractivity contribution in [1.82, 2.24) is 28.4 Å². The molecule has 70 heavy (non-hydrogen) atoms. The van der Waals surface area contributed by atoms with Gasteiger partial charge < -0.3 is 40.8 Å². The summed E-state index contributed by atoms with van der Waals surface area (Å²) in [7, 11) is -7.63. The lowest BCUT2D eigenvalue weighted by Crippen LogP contribution is -2.47. The van der Waals surface area contributed by atoms with Crippen LogP contribution in [-0.4, -0.2) is 180 Å². The van der Waals surface area contributed by atoms with Crippen LogP contribution in [0.1, 0.15) is 9.75 Å². The Balaban J connectivity index is 0.000000160. The van der Waals surface area contributed by atoms with E-state index in [1.165, 1.54) is 48.5 Å². The number of nitrogen functional groups attached to an aromatic ring is 2. The van der Waals surface area contributed by atoms with E-state index in [1.807, 2.05) is 24.3 Å². The minimum Gasteiger partial charge on any atom is -0.423 e. The van der Waals surface area contributed by atoms with Crippen LogP contribution in [-0.2, 0) is 42.6 Å². The summed E-state index contributed by atoms with van der Waals surface area (Å²) in [6.07, 6.45) is 2.57. The van der Waals surface area contributed by atoms with Gasteiger partial charge >= 0.3 is 7.12 Å². The first kappa shape index (κ1) is 52.3. The van der Waals surface area contributed by atoms with Crippen LogP contribution in [0.3, 0.4) is 0 Å². The molecular weight excluding hydrogens is 1040 g/mol. The number of thiophene rings is 2. The first-order valence-electron chi connectivity index (χ1n) is 23.1. The normalized spacial score (nSPS) is 18.1. The summed E-state index contributed by atoms with van der Waals surface area (Å²) in [5.41, 5.74) is 15.0. The topological polar surface area (TPSA) is 224 Å². The molecule has 0 unspecified atom stereocenters. The first-order valence-corrected chi connectivity index (χ1v) is 29.2. The Kier molecular flexibility index (Phi) is 17.4. The number of sulfonamides is 2. The third-order valence-corrected chi connectivity index (χ3v) is 17.7. The molecule has 4 aromatic heterocycles. The zero-order valence-electron chi connectivity index (χ0n) is 39.3. The minimum absolute atomic E-state index is 0.417. The maximum atomic E-state index is 11.8. The second-order valence-corrected chi connectivity index (χ2v) is 24.7. The molecule has 0 spiro atoms. The number of hydrogen-bond acceptors (Lipinski definition) is 18. The summed E-state index contributed by atoms with van der Waals surface area (Å²) in [4.78, 5) is 21.6. The van der Waals surface area contributed by atoms with E-state index in [2.05, 4.69) is 59.8 Å². The molecule has 0 atom stereocenters. The highest BCUT2D eigenvalue weighted by Crippen LogP contribution is 2.38. The molecular formula is C46H60BBrN10O8S4.